The van der Waals surface area contributed by atoms with Crippen LogP contribution in [0.1, 0.15) is 28.8 Å². The van der Waals surface area contributed by atoms with Crippen LogP contribution in [0.5, 0.6) is 0 Å². The third-order valence-corrected chi connectivity index (χ3v) is 3.39. The fraction of sp³-hybridized carbons (Fsp3) is 0.188. The molecular weight excluding hydrogens is 269 g/mol. The summed E-state index contributed by atoms with van der Waals surface area (Å²) in [7, 11) is 0. The van der Waals surface area contributed by atoms with Crippen LogP contribution in [0.4, 0.5) is 4.39 Å². The summed E-state index contributed by atoms with van der Waals surface area (Å²) in [6.45, 7) is 3.86. The summed E-state index contributed by atoms with van der Waals surface area (Å²) < 4.78 is 19.0. The van der Waals surface area contributed by atoms with Crippen molar-refractivity contribution >= 4 is 11.0 Å². The molecule has 2 aromatic heterocycles. The number of aromatic nitrogens is 1. The second-order valence-electron chi connectivity index (χ2n) is 5.11. The third kappa shape index (κ3) is 2.66. The average molecular weight is 285 g/mol. The van der Waals surface area contributed by atoms with Gasteiger partial charge in [0.2, 0.25) is 0 Å². The highest BCUT2D eigenvalue weighted by atomic mass is 19.1. The lowest BCUT2D eigenvalue weighted by atomic mass is 10.0. The fourth-order valence-corrected chi connectivity index (χ4v) is 2.55. The van der Waals surface area contributed by atoms with Gasteiger partial charge >= 0.3 is 0 Å². The van der Waals surface area contributed by atoms with Crippen molar-refractivity contribution < 1.29 is 8.81 Å². The number of hydrogen-bond donors (Lipinski definition) is 2. The molecule has 108 valence electrons. The minimum atomic E-state index is -0.305. The second kappa shape index (κ2) is 5.27. The van der Waals surface area contributed by atoms with E-state index in [0.29, 0.717) is 16.7 Å². The molecule has 21 heavy (non-hydrogen) atoms. The first-order valence-corrected chi connectivity index (χ1v) is 6.67. The maximum absolute atomic E-state index is 13.3. The number of benzene rings is 1. The van der Waals surface area contributed by atoms with Crippen molar-refractivity contribution in [3.63, 3.8) is 0 Å². The lowest BCUT2D eigenvalue weighted by molar-refractivity contribution is 0.476. The van der Waals surface area contributed by atoms with Gasteiger partial charge in [0.15, 0.2) is 0 Å². The van der Waals surface area contributed by atoms with E-state index in [4.69, 9.17) is 10.3 Å². The number of nitrogens with zero attached hydrogens (tertiary/aromatic N) is 1. The molecule has 1 atom stereocenters. The Morgan fingerprint density at radius 1 is 1.14 bits per heavy atom. The normalized spacial score (nSPS) is 12.8. The van der Waals surface area contributed by atoms with Gasteiger partial charge in [0.25, 0.3) is 0 Å². The summed E-state index contributed by atoms with van der Waals surface area (Å²) in [5.41, 5.74) is 6.16. The monoisotopic (exact) mass is 285 g/mol. The summed E-state index contributed by atoms with van der Waals surface area (Å²) in [4.78, 5) is 4.35. The molecule has 3 N–H and O–H groups in total. The average Bonchev–Trinajstić information content (AvgIpc) is 2.81. The highest BCUT2D eigenvalue weighted by Gasteiger charge is 2.18. The maximum Gasteiger partial charge on any atom is 0.134 e. The van der Waals surface area contributed by atoms with Gasteiger partial charge in [-0.15, -0.1) is 0 Å². The van der Waals surface area contributed by atoms with Crippen LogP contribution in [0, 0.1) is 19.7 Å². The molecule has 2 heterocycles. The minimum absolute atomic E-state index is 0.289. The van der Waals surface area contributed by atoms with Gasteiger partial charge in [-0.25, -0.2) is 9.82 Å². The predicted molar refractivity (Wildman–Crippen MR) is 79.0 cm³/mol. The van der Waals surface area contributed by atoms with E-state index >= 15 is 0 Å². The van der Waals surface area contributed by atoms with E-state index in [1.807, 2.05) is 26.0 Å². The highest BCUT2D eigenvalue weighted by molar-refractivity contribution is 5.78. The SMILES string of the molecule is Cc1cc(C(NN)c2cc3cc(F)ccc3o2)cc(C)n1. The van der Waals surface area contributed by atoms with Crippen LogP contribution in [-0.2, 0) is 0 Å². The Kier molecular flexibility index (Phi) is 3.45. The van der Waals surface area contributed by atoms with Gasteiger partial charge in [-0.05, 0) is 55.8 Å². The molecule has 1 unspecified atom stereocenters. The summed E-state index contributed by atoms with van der Waals surface area (Å²) in [6.07, 6.45) is 0. The van der Waals surface area contributed by atoms with Gasteiger partial charge in [-0.1, -0.05) is 0 Å². The molecule has 3 aromatic rings. The molecule has 0 amide bonds. The van der Waals surface area contributed by atoms with Crippen molar-refractivity contribution in [1.82, 2.24) is 10.4 Å². The summed E-state index contributed by atoms with van der Waals surface area (Å²) in [6, 6.07) is 9.83. The standard InChI is InChI=1S/C16H16FN3O/c1-9-5-12(6-10(2)19-9)16(20-18)15-8-11-7-13(17)3-4-14(11)21-15/h3-8,16,20H,18H2,1-2H3. The Balaban J connectivity index is 2.08. The first kappa shape index (κ1) is 13.7. The summed E-state index contributed by atoms with van der Waals surface area (Å²) >= 11 is 0. The molecule has 4 nitrogen and oxygen atoms in total. The number of rotatable bonds is 3. The Labute approximate surface area is 121 Å². The number of halogens is 1. The summed E-state index contributed by atoms with van der Waals surface area (Å²) in [5, 5.41) is 0.716. The highest BCUT2D eigenvalue weighted by Crippen LogP contribution is 2.28. The van der Waals surface area contributed by atoms with Gasteiger partial charge in [0.1, 0.15) is 23.2 Å². The van der Waals surface area contributed by atoms with Gasteiger partial charge in [0.05, 0.1) is 0 Å². The van der Waals surface area contributed by atoms with Crippen LogP contribution in [-0.4, -0.2) is 4.98 Å². The number of nitrogens with one attached hydrogen (secondary N) is 1. The van der Waals surface area contributed by atoms with E-state index in [2.05, 4.69) is 10.4 Å². The van der Waals surface area contributed by atoms with Crippen molar-refractivity contribution in [3.05, 3.63) is 64.9 Å². The van der Waals surface area contributed by atoms with Crippen LogP contribution >= 0.6 is 0 Å². The molecule has 5 heteroatoms. The van der Waals surface area contributed by atoms with Gasteiger partial charge < -0.3 is 4.42 Å². The Morgan fingerprint density at radius 2 is 1.86 bits per heavy atom. The molecule has 0 aliphatic rings. The molecule has 0 spiro atoms. The Hall–Kier alpha value is -2.24. The molecule has 3 rings (SSSR count). The molecule has 0 fully saturated rings. The van der Waals surface area contributed by atoms with Crippen molar-refractivity contribution in [2.45, 2.75) is 19.9 Å². The zero-order valence-electron chi connectivity index (χ0n) is 11.9. The van der Waals surface area contributed by atoms with Crippen molar-refractivity contribution in [3.8, 4) is 0 Å². The van der Waals surface area contributed by atoms with Crippen molar-refractivity contribution in [2.75, 3.05) is 0 Å². The van der Waals surface area contributed by atoms with E-state index < -0.39 is 0 Å². The molecule has 0 saturated carbocycles. The lowest BCUT2D eigenvalue weighted by Gasteiger charge is -2.14. The number of pyridine rings is 1. The van der Waals surface area contributed by atoms with Crippen LogP contribution in [0.3, 0.4) is 0 Å². The van der Waals surface area contributed by atoms with E-state index in [0.717, 1.165) is 17.0 Å². The van der Waals surface area contributed by atoms with E-state index in [1.165, 1.54) is 12.1 Å². The number of hydrazine groups is 1. The zero-order valence-corrected chi connectivity index (χ0v) is 11.9. The fourth-order valence-electron chi connectivity index (χ4n) is 2.55. The molecule has 1 aromatic carbocycles. The number of aryl methyl sites for hydroxylation is 2. The molecular formula is C16H16FN3O. The molecule has 0 aliphatic heterocycles. The third-order valence-electron chi connectivity index (χ3n) is 3.39. The number of nitrogens with two attached hydrogens (primary N) is 1. The molecule has 0 bridgehead atoms. The molecule has 0 saturated heterocycles. The quantitative estimate of drug-likeness (QED) is 0.573. The van der Waals surface area contributed by atoms with Crippen molar-refractivity contribution in [2.24, 2.45) is 5.84 Å². The number of hydrogen-bond acceptors (Lipinski definition) is 4. The van der Waals surface area contributed by atoms with Crippen LogP contribution in [0.2, 0.25) is 0 Å². The predicted octanol–water partition coefficient (Wildman–Crippen LogP) is 3.14. The van der Waals surface area contributed by atoms with Gasteiger partial charge in [-0.3, -0.25) is 10.8 Å². The maximum atomic E-state index is 13.3. The number of fused-ring (bicyclic) bond motifs is 1. The first-order valence-electron chi connectivity index (χ1n) is 6.67. The lowest BCUT2D eigenvalue weighted by Crippen LogP contribution is -2.28. The Bertz CT molecular complexity index is 777. The van der Waals surface area contributed by atoms with E-state index in [-0.39, 0.29) is 11.9 Å². The minimum Gasteiger partial charge on any atom is -0.459 e. The summed E-state index contributed by atoms with van der Waals surface area (Å²) in [5.74, 6) is 6.04. The smallest absolute Gasteiger partial charge is 0.134 e. The topological polar surface area (TPSA) is 64.1 Å². The Morgan fingerprint density at radius 3 is 2.52 bits per heavy atom. The number of furan rings is 1. The molecule has 0 radical (unpaired) electrons. The van der Waals surface area contributed by atoms with Gasteiger partial charge in [-0.2, -0.15) is 0 Å². The second-order valence-corrected chi connectivity index (χ2v) is 5.11. The van der Waals surface area contributed by atoms with E-state index in [9.17, 15) is 4.39 Å². The van der Waals surface area contributed by atoms with Crippen LogP contribution in [0.25, 0.3) is 11.0 Å². The van der Waals surface area contributed by atoms with E-state index in [1.54, 1.807) is 12.1 Å². The van der Waals surface area contributed by atoms with Crippen LogP contribution < -0.4 is 11.3 Å². The van der Waals surface area contributed by atoms with Crippen LogP contribution in [0.15, 0.2) is 40.8 Å². The first-order chi connectivity index (χ1) is 10.1. The van der Waals surface area contributed by atoms with Crippen molar-refractivity contribution in [1.29, 1.82) is 0 Å². The largest absolute Gasteiger partial charge is 0.459 e. The zero-order chi connectivity index (χ0) is 15.0. The van der Waals surface area contributed by atoms with Gasteiger partial charge in [0, 0.05) is 16.8 Å². The molecule has 0 aliphatic carbocycles.